The minimum Gasteiger partial charge on any atom is -0.373 e. The molecule has 1 aromatic heterocycles. The van der Waals surface area contributed by atoms with Gasteiger partial charge in [-0.3, -0.25) is 4.79 Å². The number of anilines is 1. The van der Waals surface area contributed by atoms with Gasteiger partial charge in [0, 0.05) is 19.7 Å². The highest BCUT2D eigenvalue weighted by molar-refractivity contribution is 7.80. The third-order valence-electron chi connectivity index (χ3n) is 3.55. The van der Waals surface area contributed by atoms with E-state index in [9.17, 15) is 4.79 Å². The Balaban J connectivity index is 2.18. The summed E-state index contributed by atoms with van der Waals surface area (Å²) in [6.07, 6.45) is 4.07. The molecule has 0 atom stereocenters. The second kappa shape index (κ2) is 4.72. The first-order chi connectivity index (χ1) is 8.10. The average Bonchev–Trinajstić information content (AvgIpc) is 3.11. The van der Waals surface area contributed by atoms with Crippen molar-refractivity contribution in [3.8, 4) is 0 Å². The molecule has 0 saturated heterocycles. The Bertz CT molecular complexity index is 453. The monoisotopic (exact) mass is 253 g/mol. The molecule has 0 N–H and O–H groups in total. The lowest BCUT2D eigenvalue weighted by Crippen LogP contribution is -2.29. The summed E-state index contributed by atoms with van der Waals surface area (Å²) in [5.41, 5.74) is 1.08. The molecule has 1 aromatic rings. The van der Waals surface area contributed by atoms with E-state index in [1.165, 1.54) is 0 Å². The predicted octanol–water partition coefficient (Wildman–Crippen LogP) is 1.41. The van der Waals surface area contributed by atoms with Crippen molar-refractivity contribution in [1.29, 1.82) is 0 Å². The molecule has 5 heteroatoms. The molecule has 1 aliphatic rings. The molecular formula is C12H19N3OS. The number of aromatic nitrogens is 2. The summed E-state index contributed by atoms with van der Waals surface area (Å²) in [5.74, 6) is 0.831. The highest BCUT2D eigenvalue weighted by Gasteiger charge is 2.42. The van der Waals surface area contributed by atoms with Crippen LogP contribution in [0.15, 0.2) is 17.1 Å². The molecule has 0 spiro atoms. The van der Waals surface area contributed by atoms with Crippen LogP contribution in [0.25, 0.3) is 0 Å². The SMILES string of the molecule is CCN(C)c1cnn(CC2(CS)CC2)c(=O)c1. The number of thiol groups is 1. The van der Waals surface area contributed by atoms with Crippen LogP contribution < -0.4 is 10.5 Å². The van der Waals surface area contributed by atoms with Crippen LogP contribution in [0.5, 0.6) is 0 Å². The summed E-state index contributed by atoms with van der Waals surface area (Å²) >= 11 is 4.34. The summed E-state index contributed by atoms with van der Waals surface area (Å²) in [6, 6.07) is 1.66. The highest BCUT2D eigenvalue weighted by Crippen LogP contribution is 2.47. The van der Waals surface area contributed by atoms with E-state index in [0.29, 0.717) is 6.54 Å². The number of rotatable bonds is 5. The molecule has 0 unspecified atom stereocenters. The molecule has 0 aliphatic heterocycles. The third kappa shape index (κ3) is 2.65. The number of hydrogen-bond donors (Lipinski definition) is 1. The Morgan fingerprint density at radius 2 is 2.29 bits per heavy atom. The molecular weight excluding hydrogens is 234 g/mol. The molecule has 1 saturated carbocycles. The molecule has 94 valence electrons. The van der Waals surface area contributed by atoms with Crippen molar-refractivity contribution < 1.29 is 0 Å². The van der Waals surface area contributed by atoms with Gasteiger partial charge in [-0.05, 0) is 30.9 Å². The Morgan fingerprint density at radius 3 is 2.76 bits per heavy atom. The highest BCUT2D eigenvalue weighted by atomic mass is 32.1. The Kier molecular flexibility index (Phi) is 3.47. The van der Waals surface area contributed by atoms with Crippen molar-refractivity contribution >= 4 is 18.3 Å². The van der Waals surface area contributed by atoms with Gasteiger partial charge in [0.1, 0.15) is 0 Å². The summed E-state index contributed by atoms with van der Waals surface area (Å²) in [7, 11) is 1.96. The van der Waals surface area contributed by atoms with Crippen LogP contribution in [0.1, 0.15) is 19.8 Å². The average molecular weight is 253 g/mol. The Labute approximate surface area is 107 Å². The van der Waals surface area contributed by atoms with Crippen LogP contribution >= 0.6 is 12.6 Å². The van der Waals surface area contributed by atoms with E-state index in [4.69, 9.17) is 0 Å². The second-order valence-electron chi connectivity index (χ2n) is 4.88. The molecule has 0 bridgehead atoms. The van der Waals surface area contributed by atoms with Gasteiger partial charge < -0.3 is 4.90 Å². The molecule has 1 heterocycles. The van der Waals surface area contributed by atoms with Gasteiger partial charge in [0.15, 0.2) is 0 Å². The lowest BCUT2D eigenvalue weighted by atomic mass is 10.1. The molecule has 0 aromatic carbocycles. The topological polar surface area (TPSA) is 38.1 Å². The van der Waals surface area contributed by atoms with Crippen LogP contribution in [0.2, 0.25) is 0 Å². The van der Waals surface area contributed by atoms with Gasteiger partial charge in [0.25, 0.3) is 5.56 Å². The van der Waals surface area contributed by atoms with Crippen molar-refractivity contribution in [2.75, 3.05) is 24.2 Å². The molecule has 0 amide bonds. The lowest BCUT2D eigenvalue weighted by Gasteiger charge is -2.17. The first-order valence-corrected chi connectivity index (χ1v) is 6.63. The van der Waals surface area contributed by atoms with E-state index in [1.807, 2.05) is 18.9 Å². The van der Waals surface area contributed by atoms with E-state index in [2.05, 4.69) is 17.7 Å². The van der Waals surface area contributed by atoms with Gasteiger partial charge in [0.2, 0.25) is 0 Å². The standard InChI is InChI=1S/C12H19N3OS/c1-3-14(2)10-6-11(16)15(13-7-10)8-12(9-17)4-5-12/h6-7,17H,3-5,8-9H2,1-2H3. The van der Waals surface area contributed by atoms with Crippen LogP contribution in [-0.2, 0) is 6.54 Å². The molecule has 2 rings (SSSR count). The summed E-state index contributed by atoms with van der Waals surface area (Å²) in [6.45, 7) is 3.61. The molecule has 4 nitrogen and oxygen atoms in total. The van der Waals surface area contributed by atoms with Gasteiger partial charge in [-0.1, -0.05) is 0 Å². The molecule has 17 heavy (non-hydrogen) atoms. The zero-order valence-electron chi connectivity index (χ0n) is 10.4. The first-order valence-electron chi connectivity index (χ1n) is 5.99. The zero-order valence-corrected chi connectivity index (χ0v) is 11.3. The summed E-state index contributed by atoms with van der Waals surface area (Å²) in [5, 5.41) is 4.25. The minimum absolute atomic E-state index is 0.0177. The number of hydrogen-bond acceptors (Lipinski definition) is 4. The minimum atomic E-state index is -0.0177. The second-order valence-corrected chi connectivity index (χ2v) is 5.20. The van der Waals surface area contributed by atoms with Gasteiger partial charge >= 0.3 is 0 Å². The van der Waals surface area contributed by atoms with E-state index >= 15 is 0 Å². The van der Waals surface area contributed by atoms with Crippen molar-refractivity contribution in [2.45, 2.75) is 26.3 Å². The van der Waals surface area contributed by atoms with Gasteiger partial charge in [0.05, 0.1) is 18.4 Å². The smallest absolute Gasteiger partial charge is 0.268 e. The van der Waals surface area contributed by atoms with E-state index < -0.39 is 0 Å². The fraction of sp³-hybridized carbons (Fsp3) is 0.667. The van der Waals surface area contributed by atoms with Crippen LogP contribution in [0, 0.1) is 5.41 Å². The van der Waals surface area contributed by atoms with Crippen LogP contribution in [0.4, 0.5) is 5.69 Å². The van der Waals surface area contributed by atoms with Crippen LogP contribution in [0.3, 0.4) is 0 Å². The molecule has 1 aliphatic carbocycles. The lowest BCUT2D eigenvalue weighted by molar-refractivity contribution is 0.424. The molecule has 1 fully saturated rings. The van der Waals surface area contributed by atoms with E-state index in [0.717, 1.165) is 30.8 Å². The van der Waals surface area contributed by atoms with Crippen LogP contribution in [-0.4, -0.2) is 29.1 Å². The predicted molar refractivity (Wildman–Crippen MR) is 73.0 cm³/mol. The summed E-state index contributed by atoms with van der Waals surface area (Å²) in [4.78, 5) is 13.9. The van der Waals surface area contributed by atoms with E-state index in [1.54, 1.807) is 16.9 Å². The quantitative estimate of drug-likeness (QED) is 0.806. The fourth-order valence-corrected chi connectivity index (χ4v) is 2.21. The Morgan fingerprint density at radius 1 is 1.59 bits per heavy atom. The fourth-order valence-electron chi connectivity index (χ4n) is 1.79. The maximum atomic E-state index is 11.9. The maximum absolute atomic E-state index is 11.9. The summed E-state index contributed by atoms with van der Waals surface area (Å²) < 4.78 is 1.57. The Hall–Kier alpha value is -0.970. The first kappa shape index (κ1) is 12.5. The van der Waals surface area contributed by atoms with Gasteiger partial charge in [-0.2, -0.15) is 17.7 Å². The largest absolute Gasteiger partial charge is 0.373 e. The molecule has 0 radical (unpaired) electrons. The number of nitrogens with zero attached hydrogens (tertiary/aromatic N) is 3. The van der Waals surface area contributed by atoms with Crippen molar-refractivity contribution in [3.05, 3.63) is 22.6 Å². The van der Waals surface area contributed by atoms with Crippen molar-refractivity contribution in [3.63, 3.8) is 0 Å². The maximum Gasteiger partial charge on any atom is 0.268 e. The third-order valence-corrected chi connectivity index (χ3v) is 4.22. The van der Waals surface area contributed by atoms with E-state index in [-0.39, 0.29) is 11.0 Å². The van der Waals surface area contributed by atoms with Crippen molar-refractivity contribution in [1.82, 2.24) is 9.78 Å². The van der Waals surface area contributed by atoms with Crippen molar-refractivity contribution in [2.24, 2.45) is 5.41 Å². The normalized spacial score (nSPS) is 16.9. The van der Waals surface area contributed by atoms with Gasteiger partial charge in [-0.15, -0.1) is 0 Å². The zero-order chi connectivity index (χ0) is 12.5. The van der Waals surface area contributed by atoms with Gasteiger partial charge in [-0.25, -0.2) is 4.68 Å².